The highest BCUT2D eigenvalue weighted by molar-refractivity contribution is 7.86. The molecule has 7 heteroatoms. The molecule has 1 aromatic carbocycles. The van der Waals surface area contributed by atoms with Crippen LogP contribution in [0.4, 0.5) is 0 Å². The van der Waals surface area contributed by atoms with Gasteiger partial charge >= 0.3 is 0 Å². The number of nitrogens with zero attached hydrogens (tertiary/aromatic N) is 3. The van der Waals surface area contributed by atoms with Gasteiger partial charge in [0.15, 0.2) is 0 Å². The molecule has 0 radical (unpaired) electrons. The summed E-state index contributed by atoms with van der Waals surface area (Å²) in [5.74, 6) is 0.535. The van der Waals surface area contributed by atoms with Gasteiger partial charge in [-0.05, 0) is 18.6 Å². The summed E-state index contributed by atoms with van der Waals surface area (Å²) in [7, 11) is -0.298. The molecule has 1 aliphatic heterocycles. The molecule has 118 valence electrons. The summed E-state index contributed by atoms with van der Waals surface area (Å²) >= 11 is 0. The molecule has 2 heterocycles. The summed E-state index contributed by atoms with van der Waals surface area (Å²) in [6.45, 7) is 0.827. The Morgan fingerprint density at radius 2 is 2.00 bits per heavy atom. The molecule has 0 unspecified atom stereocenters. The Morgan fingerprint density at radius 1 is 1.23 bits per heavy atom. The zero-order chi connectivity index (χ0) is 15.7. The van der Waals surface area contributed by atoms with E-state index in [1.165, 1.54) is 22.7 Å². The number of rotatable bonds is 4. The van der Waals surface area contributed by atoms with Crippen LogP contribution in [0.25, 0.3) is 10.9 Å². The molecule has 1 atom stereocenters. The molecular formula is C15H19N3O3S. The second-order valence-electron chi connectivity index (χ2n) is 5.52. The van der Waals surface area contributed by atoms with Gasteiger partial charge in [0.25, 0.3) is 10.2 Å². The standard InChI is InChI=1S/C15H19N3O3S/c1-17(2)22(19,20)18-10-9-13(11-18)21-15-8-7-12-5-3-4-6-14(12)16-15/h3-8,13H,9-11H2,1-2H3/t13-/m0/s1. The van der Waals surface area contributed by atoms with Gasteiger partial charge in [0, 0.05) is 32.1 Å². The number of fused-ring (bicyclic) bond motifs is 1. The molecule has 1 saturated heterocycles. The van der Waals surface area contributed by atoms with E-state index >= 15 is 0 Å². The van der Waals surface area contributed by atoms with Crippen LogP contribution in [0.2, 0.25) is 0 Å². The van der Waals surface area contributed by atoms with E-state index in [2.05, 4.69) is 4.98 Å². The minimum absolute atomic E-state index is 0.164. The van der Waals surface area contributed by atoms with E-state index in [0.29, 0.717) is 25.4 Å². The molecule has 6 nitrogen and oxygen atoms in total. The summed E-state index contributed by atoms with van der Waals surface area (Å²) < 4.78 is 32.7. The van der Waals surface area contributed by atoms with Crippen LogP contribution in [0, 0.1) is 0 Å². The third-order valence-electron chi connectivity index (χ3n) is 3.76. The van der Waals surface area contributed by atoms with E-state index in [1.54, 1.807) is 0 Å². The summed E-state index contributed by atoms with van der Waals surface area (Å²) in [4.78, 5) is 4.46. The first kappa shape index (κ1) is 15.2. The molecule has 3 rings (SSSR count). The molecule has 0 amide bonds. The predicted molar refractivity (Wildman–Crippen MR) is 85.0 cm³/mol. The first-order valence-corrected chi connectivity index (χ1v) is 8.56. The van der Waals surface area contributed by atoms with Crippen molar-refractivity contribution in [1.82, 2.24) is 13.6 Å². The Bertz CT molecular complexity index is 776. The fourth-order valence-electron chi connectivity index (χ4n) is 2.52. The Morgan fingerprint density at radius 3 is 2.77 bits per heavy atom. The summed E-state index contributed by atoms with van der Waals surface area (Å²) in [5, 5.41) is 1.05. The maximum Gasteiger partial charge on any atom is 0.281 e. The van der Waals surface area contributed by atoms with Gasteiger partial charge < -0.3 is 4.74 Å². The van der Waals surface area contributed by atoms with Crippen molar-refractivity contribution in [3.63, 3.8) is 0 Å². The van der Waals surface area contributed by atoms with Crippen molar-refractivity contribution in [2.24, 2.45) is 0 Å². The van der Waals surface area contributed by atoms with Crippen molar-refractivity contribution < 1.29 is 13.2 Å². The highest BCUT2D eigenvalue weighted by atomic mass is 32.2. The molecule has 1 fully saturated rings. The van der Waals surface area contributed by atoms with Crippen molar-refractivity contribution in [1.29, 1.82) is 0 Å². The summed E-state index contributed by atoms with van der Waals surface area (Å²) in [5.41, 5.74) is 0.871. The van der Waals surface area contributed by atoms with Crippen LogP contribution in [-0.4, -0.2) is 55.3 Å². The second-order valence-corrected chi connectivity index (χ2v) is 7.66. The van der Waals surface area contributed by atoms with Crippen LogP contribution in [-0.2, 0) is 10.2 Å². The first-order valence-electron chi connectivity index (χ1n) is 7.17. The highest BCUT2D eigenvalue weighted by Crippen LogP contribution is 2.22. The van der Waals surface area contributed by atoms with Crippen molar-refractivity contribution >= 4 is 21.1 Å². The molecule has 0 spiro atoms. The smallest absolute Gasteiger partial charge is 0.281 e. The van der Waals surface area contributed by atoms with E-state index in [1.807, 2.05) is 36.4 Å². The Hall–Kier alpha value is -1.70. The van der Waals surface area contributed by atoms with E-state index < -0.39 is 10.2 Å². The minimum Gasteiger partial charge on any atom is -0.473 e. The van der Waals surface area contributed by atoms with Gasteiger partial charge in [0.1, 0.15) is 6.10 Å². The SMILES string of the molecule is CN(C)S(=O)(=O)N1CC[C@H](Oc2ccc3ccccc3n2)C1. The van der Waals surface area contributed by atoms with E-state index in [4.69, 9.17) is 4.74 Å². The average Bonchev–Trinajstić information content (AvgIpc) is 2.96. The number of ether oxygens (including phenoxy) is 1. The normalized spacial score (nSPS) is 19.9. The van der Waals surface area contributed by atoms with E-state index in [9.17, 15) is 8.42 Å². The van der Waals surface area contributed by atoms with Crippen LogP contribution in [0.3, 0.4) is 0 Å². The molecule has 2 aromatic rings. The van der Waals surface area contributed by atoms with Gasteiger partial charge in [-0.1, -0.05) is 18.2 Å². The van der Waals surface area contributed by atoms with Crippen LogP contribution in [0.5, 0.6) is 5.88 Å². The lowest BCUT2D eigenvalue weighted by Gasteiger charge is -2.20. The molecule has 1 aromatic heterocycles. The summed E-state index contributed by atoms with van der Waals surface area (Å²) in [6, 6.07) is 11.6. The van der Waals surface area contributed by atoms with Gasteiger partial charge in [0.05, 0.1) is 12.1 Å². The van der Waals surface area contributed by atoms with E-state index in [0.717, 1.165) is 10.9 Å². The first-order chi connectivity index (χ1) is 10.5. The van der Waals surface area contributed by atoms with Crippen LogP contribution >= 0.6 is 0 Å². The maximum atomic E-state index is 12.1. The fraction of sp³-hybridized carbons (Fsp3) is 0.400. The lowest BCUT2D eigenvalue weighted by atomic mass is 10.2. The van der Waals surface area contributed by atoms with Crippen molar-refractivity contribution in [2.75, 3.05) is 27.2 Å². The topological polar surface area (TPSA) is 62.7 Å². The molecule has 0 saturated carbocycles. The van der Waals surface area contributed by atoms with Gasteiger partial charge in [-0.25, -0.2) is 4.98 Å². The minimum atomic E-state index is -3.37. The molecule has 0 bridgehead atoms. The number of hydrogen-bond donors (Lipinski definition) is 0. The number of aromatic nitrogens is 1. The third-order valence-corrected chi connectivity index (χ3v) is 5.66. The van der Waals surface area contributed by atoms with E-state index in [-0.39, 0.29) is 6.10 Å². The molecule has 1 aliphatic rings. The highest BCUT2D eigenvalue weighted by Gasteiger charge is 2.33. The Labute approximate surface area is 130 Å². The van der Waals surface area contributed by atoms with Crippen LogP contribution < -0.4 is 4.74 Å². The van der Waals surface area contributed by atoms with Gasteiger partial charge in [-0.2, -0.15) is 17.0 Å². The van der Waals surface area contributed by atoms with Crippen LogP contribution in [0.15, 0.2) is 36.4 Å². The van der Waals surface area contributed by atoms with Gasteiger partial charge in [-0.15, -0.1) is 0 Å². The number of hydrogen-bond acceptors (Lipinski definition) is 4. The molecular weight excluding hydrogens is 302 g/mol. The Kier molecular flexibility index (Phi) is 4.03. The van der Waals surface area contributed by atoms with Crippen LogP contribution in [0.1, 0.15) is 6.42 Å². The largest absolute Gasteiger partial charge is 0.473 e. The Balaban J connectivity index is 1.71. The second kappa shape index (κ2) is 5.83. The zero-order valence-electron chi connectivity index (χ0n) is 12.6. The lowest BCUT2D eigenvalue weighted by molar-refractivity contribution is 0.207. The third kappa shape index (κ3) is 2.92. The number of pyridine rings is 1. The summed E-state index contributed by atoms with van der Waals surface area (Å²) in [6.07, 6.45) is 0.505. The average molecular weight is 321 g/mol. The monoisotopic (exact) mass is 321 g/mol. The quantitative estimate of drug-likeness (QED) is 0.856. The lowest BCUT2D eigenvalue weighted by Crippen LogP contribution is -2.39. The zero-order valence-corrected chi connectivity index (χ0v) is 13.5. The molecule has 0 aliphatic carbocycles. The van der Waals surface area contributed by atoms with Crippen molar-refractivity contribution in [3.8, 4) is 5.88 Å². The van der Waals surface area contributed by atoms with Gasteiger partial charge in [0.2, 0.25) is 5.88 Å². The fourth-order valence-corrected chi connectivity index (χ4v) is 3.67. The molecule has 0 N–H and O–H groups in total. The predicted octanol–water partition coefficient (Wildman–Crippen LogP) is 1.49. The number of benzene rings is 1. The van der Waals surface area contributed by atoms with Crippen molar-refractivity contribution in [2.45, 2.75) is 12.5 Å². The van der Waals surface area contributed by atoms with Crippen molar-refractivity contribution in [3.05, 3.63) is 36.4 Å². The van der Waals surface area contributed by atoms with Gasteiger partial charge in [-0.3, -0.25) is 0 Å². The number of para-hydroxylation sites is 1. The molecule has 22 heavy (non-hydrogen) atoms. The maximum absolute atomic E-state index is 12.1.